The number of nitrogens with one attached hydrogen (secondary N) is 1. The Bertz CT molecular complexity index is 440. The zero-order valence-corrected chi connectivity index (χ0v) is 11.0. The van der Waals surface area contributed by atoms with E-state index in [0.29, 0.717) is 5.69 Å². The SMILES string of the molecule is CCCNCc1ccc(N2C(=O)COCC2=O)cc1. The van der Waals surface area contributed by atoms with Crippen LogP contribution in [0.5, 0.6) is 0 Å². The molecule has 0 unspecified atom stereocenters. The lowest BCUT2D eigenvalue weighted by Crippen LogP contribution is -2.46. The molecule has 0 aliphatic carbocycles. The molecular weight excluding hydrogens is 244 g/mol. The van der Waals surface area contributed by atoms with E-state index < -0.39 is 0 Å². The van der Waals surface area contributed by atoms with Gasteiger partial charge in [0.1, 0.15) is 13.2 Å². The normalized spacial score (nSPS) is 15.9. The number of carbonyl (C=O) groups is 2. The van der Waals surface area contributed by atoms with Gasteiger partial charge in [0.2, 0.25) is 0 Å². The molecule has 2 amide bonds. The molecule has 102 valence electrons. The Hall–Kier alpha value is -1.72. The number of hydrogen-bond donors (Lipinski definition) is 1. The maximum absolute atomic E-state index is 11.7. The Morgan fingerprint density at radius 3 is 2.37 bits per heavy atom. The summed E-state index contributed by atoms with van der Waals surface area (Å²) in [6.07, 6.45) is 1.09. The number of ether oxygens (including phenoxy) is 1. The van der Waals surface area contributed by atoms with Crippen LogP contribution >= 0.6 is 0 Å². The molecule has 1 saturated heterocycles. The molecule has 0 aromatic heterocycles. The number of hydrogen-bond acceptors (Lipinski definition) is 4. The topological polar surface area (TPSA) is 58.6 Å². The predicted octanol–water partition coefficient (Wildman–Crippen LogP) is 1.08. The molecule has 1 fully saturated rings. The lowest BCUT2D eigenvalue weighted by Gasteiger charge is -2.25. The van der Waals surface area contributed by atoms with E-state index in [9.17, 15) is 9.59 Å². The lowest BCUT2D eigenvalue weighted by molar-refractivity contribution is -0.138. The molecule has 1 N–H and O–H groups in total. The summed E-state index contributed by atoms with van der Waals surface area (Å²) >= 11 is 0. The molecule has 0 bridgehead atoms. The third-order valence-electron chi connectivity index (χ3n) is 2.90. The van der Waals surface area contributed by atoms with E-state index in [1.54, 1.807) is 12.1 Å². The highest BCUT2D eigenvalue weighted by Gasteiger charge is 2.27. The third-order valence-corrected chi connectivity index (χ3v) is 2.90. The van der Waals surface area contributed by atoms with E-state index >= 15 is 0 Å². The average Bonchev–Trinajstić information content (AvgIpc) is 2.40. The Balaban J connectivity index is 2.04. The van der Waals surface area contributed by atoms with Gasteiger partial charge in [-0.3, -0.25) is 9.59 Å². The zero-order chi connectivity index (χ0) is 13.7. The smallest absolute Gasteiger partial charge is 0.259 e. The van der Waals surface area contributed by atoms with Crippen molar-refractivity contribution in [1.29, 1.82) is 0 Å². The summed E-state index contributed by atoms with van der Waals surface area (Å²) in [5.74, 6) is -0.624. The standard InChI is InChI=1S/C14H18N2O3/c1-2-7-15-8-11-3-5-12(6-4-11)16-13(17)9-19-10-14(16)18/h3-6,15H,2,7-10H2,1H3. The molecule has 1 aliphatic rings. The van der Waals surface area contributed by atoms with Crippen LogP contribution < -0.4 is 10.2 Å². The molecule has 0 spiro atoms. The second kappa shape index (κ2) is 6.45. The summed E-state index contributed by atoms with van der Waals surface area (Å²) < 4.78 is 4.88. The quantitative estimate of drug-likeness (QED) is 0.637. The first-order valence-electron chi connectivity index (χ1n) is 6.45. The fraction of sp³-hybridized carbons (Fsp3) is 0.429. The number of anilines is 1. The molecule has 1 aromatic rings. The van der Waals surface area contributed by atoms with Crippen molar-refractivity contribution in [3.05, 3.63) is 29.8 Å². The van der Waals surface area contributed by atoms with Gasteiger partial charge in [-0.1, -0.05) is 19.1 Å². The highest BCUT2D eigenvalue weighted by molar-refractivity contribution is 6.16. The number of rotatable bonds is 5. The Morgan fingerprint density at radius 1 is 1.16 bits per heavy atom. The molecule has 0 radical (unpaired) electrons. The van der Waals surface area contributed by atoms with Crippen molar-refractivity contribution in [1.82, 2.24) is 5.32 Å². The van der Waals surface area contributed by atoms with E-state index in [-0.39, 0.29) is 25.0 Å². The molecule has 0 atom stereocenters. The van der Waals surface area contributed by atoms with Crippen LogP contribution in [0.1, 0.15) is 18.9 Å². The van der Waals surface area contributed by atoms with Crippen LogP contribution in [0, 0.1) is 0 Å². The Kier molecular flexibility index (Phi) is 4.65. The van der Waals surface area contributed by atoms with Gasteiger partial charge in [0, 0.05) is 6.54 Å². The monoisotopic (exact) mass is 262 g/mol. The fourth-order valence-corrected chi connectivity index (χ4v) is 1.95. The van der Waals surface area contributed by atoms with Crippen LogP contribution in [0.15, 0.2) is 24.3 Å². The predicted molar refractivity (Wildman–Crippen MR) is 71.8 cm³/mol. The number of morpholine rings is 1. The van der Waals surface area contributed by atoms with Crippen molar-refractivity contribution in [2.75, 3.05) is 24.7 Å². The molecule has 1 heterocycles. The van der Waals surface area contributed by atoms with Crippen LogP contribution in [0.4, 0.5) is 5.69 Å². The van der Waals surface area contributed by atoms with Gasteiger partial charge in [-0.25, -0.2) is 4.90 Å². The van der Waals surface area contributed by atoms with E-state index in [1.165, 1.54) is 4.90 Å². The second-order valence-corrected chi connectivity index (χ2v) is 4.46. The first kappa shape index (κ1) is 13.7. The minimum absolute atomic E-state index is 0.0362. The Morgan fingerprint density at radius 2 is 1.79 bits per heavy atom. The minimum atomic E-state index is -0.312. The molecule has 1 aromatic carbocycles. The molecule has 5 nitrogen and oxygen atoms in total. The summed E-state index contributed by atoms with van der Waals surface area (Å²) in [4.78, 5) is 24.5. The first-order chi connectivity index (χ1) is 9.22. The van der Waals surface area contributed by atoms with Crippen LogP contribution in [-0.4, -0.2) is 31.6 Å². The largest absolute Gasteiger partial charge is 0.362 e. The van der Waals surface area contributed by atoms with Crippen molar-refractivity contribution >= 4 is 17.5 Å². The van der Waals surface area contributed by atoms with Crippen molar-refractivity contribution in [3.63, 3.8) is 0 Å². The van der Waals surface area contributed by atoms with E-state index in [1.807, 2.05) is 12.1 Å². The van der Waals surface area contributed by atoms with Gasteiger partial charge in [0.25, 0.3) is 11.8 Å². The number of carbonyl (C=O) groups excluding carboxylic acids is 2. The minimum Gasteiger partial charge on any atom is -0.362 e. The average molecular weight is 262 g/mol. The lowest BCUT2D eigenvalue weighted by atomic mass is 10.2. The number of nitrogens with zero attached hydrogens (tertiary/aromatic N) is 1. The second-order valence-electron chi connectivity index (χ2n) is 4.46. The Labute approximate surface area is 112 Å². The number of benzene rings is 1. The van der Waals surface area contributed by atoms with Gasteiger partial charge >= 0.3 is 0 Å². The summed E-state index contributed by atoms with van der Waals surface area (Å²) in [6, 6.07) is 7.44. The van der Waals surface area contributed by atoms with Crippen LogP contribution in [-0.2, 0) is 20.9 Å². The summed E-state index contributed by atoms with van der Waals surface area (Å²) in [5, 5.41) is 3.30. The van der Waals surface area contributed by atoms with E-state index in [0.717, 1.165) is 25.1 Å². The maximum Gasteiger partial charge on any atom is 0.259 e. The molecule has 5 heteroatoms. The summed E-state index contributed by atoms with van der Waals surface area (Å²) in [5.41, 5.74) is 1.74. The van der Waals surface area contributed by atoms with E-state index in [4.69, 9.17) is 4.74 Å². The number of imide groups is 1. The molecule has 19 heavy (non-hydrogen) atoms. The van der Waals surface area contributed by atoms with Crippen LogP contribution in [0.25, 0.3) is 0 Å². The van der Waals surface area contributed by atoms with Gasteiger partial charge in [-0.05, 0) is 30.7 Å². The maximum atomic E-state index is 11.7. The zero-order valence-electron chi connectivity index (χ0n) is 11.0. The van der Waals surface area contributed by atoms with Crippen LogP contribution in [0.2, 0.25) is 0 Å². The van der Waals surface area contributed by atoms with Crippen molar-refractivity contribution in [2.24, 2.45) is 0 Å². The first-order valence-corrected chi connectivity index (χ1v) is 6.45. The molecule has 2 rings (SSSR count). The molecular formula is C14H18N2O3. The van der Waals surface area contributed by atoms with Crippen LogP contribution in [0.3, 0.4) is 0 Å². The van der Waals surface area contributed by atoms with E-state index in [2.05, 4.69) is 12.2 Å². The summed E-state index contributed by atoms with van der Waals surface area (Å²) in [7, 11) is 0. The molecule has 0 saturated carbocycles. The van der Waals surface area contributed by atoms with Crippen molar-refractivity contribution in [2.45, 2.75) is 19.9 Å². The fourth-order valence-electron chi connectivity index (χ4n) is 1.95. The van der Waals surface area contributed by atoms with Gasteiger partial charge < -0.3 is 10.1 Å². The van der Waals surface area contributed by atoms with Gasteiger partial charge in [-0.2, -0.15) is 0 Å². The third kappa shape index (κ3) is 3.39. The van der Waals surface area contributed by atoms with Gasteiger partial charge in [0.05, 0.1) is 5.69 Å². The van der Waals surface area contributed by atoms with Crippen molar-refractivity contribution in [3.8, 4) is 0 Å². The number of amides is 2. The van der Waals surface area contributed by atoms with Crippen molar-refractivity contribution < 1.29 is 14.3 Å². The van der Waals surface area contributed by atoms with Gasteiger partial charge in [-0.15, -0.1) is 0 Å². The highest BCUT2D eigenvalue weighted by atomic mass is 16.5. The molecule has 1 aliphatic heterocycles. The van der Waals surface area contributed by atoms with Gasteiger partial charge in [0.15, 0.2) is 0 Å². The summed E-state index contributed by atoms with van der Waals surface area (Å²) in [6.45, 7) is 3.81. The highest BCUT2D eigenvalue weighted by Crippen LogP contribution is 2.18.